The molecule has 1 aliphatic carbocycles. The van der Waals surface area contributed by atoms with Gasteiger partial charge in [-0.3, -0.25) is 9.59 Å². The van der Waals surface area contributed by atoms with E-state index in [0.717, 1.165) is 57.4 Å². The normalized spacial score (nSPS) is 24.9. The first kappa shape index (κ1) is 18.3. The molecule has 2 aromatic rings. The highest BCUT2D eigenvalue weighted by molar-refractivity contribution is 5.95. The average molecular weight is 394 g/mol. The Balaban J connectivity index is 1.35. The Labute approximate surface area is 169 Å². The Hall–Kier alpha value is -2.77. The van der Waals surface area contributed by atoms with Crippen LogP contribution in [0.5, 0.6) is 0 Å². The summed E-state index contributed by atoms with van der Waals surface area (Å²) in [6.07, 6.45) is 5.86. The van der Waals surface area contributed by atoms with Gasteiger partial charge in [0.2, 0.25) is 5.91 Å². The number of likely N-dealkylation sites (tertiary alicyclic amines) is 2. The van der Waals surface area contributed by atoms with Crippen LogP contribution in [0.25, 0.3) is 5.69 Å². The van der Waals surface area contributed by atoms with Crippen molar-refractivity contribution >= 4 is 11.8 Å². The molecule has 5 rings (SSSR count). The molecule has 3 aliphatic rings. The van der Waals surface area contributed by atoms with Gasteiger partial charge in [0.1, 0.15) is 0 Å². The van der Waals surface area contributed by atoms with E-state index in [1.165, 1.54) is 0 Å². The lowest BCUT2D eigenvalue weighted by molar-refractivity contribution is -0.139. The third kappa shape index (κ3) is 3.41. The van der Waals surface area contributed by atoms with E-state index in [-0.39, 0.29) is 11.3 Å². The summed E-state index contributed by atoms with van der Waals surface area (Å²) in [6, 6.07) is 7.93. The number of tetrazole rings is 1. The number of aryl methyl sites for hydroxylation is 1. The zero-order chi connectivity index (χ0) is 20.0. The van der Waals surface area contributed by atoms with Crippen molar-refractivity contribution in [3.05, 3.63) is 35.7 Å². The van der Waals surface area contributed by atoms with Crippen LogP contribution in [0.4, 0.5) is 0 Å². The summed E-state index contributed by atoms with van der Waals surface area (Å²) in [5, 5.41) is 11.6. The Morgan fingerprint density at radius 3 is 2.83 bits per heavy atom. The standard InChI is InChI=1S/C21H26N6O2/c1-15-22-23-24-27(15)18-5-2-4-16(12-18)20(29)25-11-3-9-21(13-25)10-8-19(28)26(14-21)17-6-7-17/h2,4-5,12,17H,3,6-11,13-14H2,1H3. The van der Waals surface area contributed by atoms with Crippen molar-refractivity contribution in [2.24, 2.45) is 5.41 Å². The van der Waals surface area contributed by atoms with Crippen molar-refractivity contribution in [1.29, 1.82) is 0 Å². The fourth-order valence-corrected chi connectivity index (χ4v) is 4.90. The van der Waals surface area contributed by atoms with Crippen molar-refractivity contribution in [3.63, 3.8) is 0 Å². The predicted molar refractivity (Wildman–Crippen MR) is 105 cm³/mol. The maximum absolute atomic E-state index is 13.3. The zero-order valence-electron chi connectivity index (χ0n) is 16.8. The van der Waals surface area contributed by atoms with Crippen LogP contribution in [-0.4, -0.2) is 67.5 Å². The molecule has 1 saturated carbocycles. The van der Waals surface area contributed by atoms with E-state index >= 15 is 0 Å². The molecule has 1 atom stereocenters. The first-order chi connectivity index (χ1) is 14.0. The third-order valence-electron chi connectivity index (χ3n) is 6.59. The summed E-state index contributed by atoms with van der Waals surface area (Å²) in [5.41, 5.74) is 1.49. The Bertz CT molecular complexity index is 952. The maximum atomic E-state index is 13.3. The molecule has 0 bridgehead atoms. The fourth-order valence-electron chi connectivity index (χ4n) is 4.90. The van der Waals surface area contributed by atoms with E-state index in [4.69, 9.17) is 0 Å². The first-order valence-corrected chi connectivity index (χ1v) is 10.5. The predicted octanol–water partition coefficient (Wildman–Crippen LogP) is 1.98. The van der Waals surface area contributed by atoms with Crippen molar-refractivity contribution in [3.8, 4) is 5.69 Å². The molecule has 1 aromatic carbocycles. The van der Waals surface area contributed by atoms with Crippen LogP contribution in [0.1, 0.15) is 54.7 Å². The van der Waals surface area contributed by atoms with Gasteiger partial charge in [0.25, 0.3) is 5.91 Å². The minimum atomic E-state index is 0.0477. The zero-order valence-corrected chi connectivity index (χ0v) is 16.8. The van der Waals surface area contributed by atoms with Crippen LogP contribution in [0.15, 0.2) is 24.3 Å². The second kappa shape index (κ2) is 6.93. The summed E-state index contributed by atoms with van der Waals surface area (Å²) in [7, 11) is 0. The molecule has 152 valence electrons. The van der Waals surface area contributed by atoms with E-state index < -0.39 is 0 Å². The lowest BCUT2D eigenvalue weighted by atomic mass is 9.73. The molecule has 1 unspecified atom stereocenters. The molecule has 2 amide bonds. The van der Waals surface area contributed by atoms with E-state index in [9.17, 15) is 9.59 Å². The van der Waals surface area contributed by atoms with Gasteiger partial charge in [-0.05, 0) is 67.7 Å². The number of carbonyl (C=O) groups excluding carboxylic acids is 2. The molecule has 1 aromatic heterocycles. The largest absolute Gasteiger partial charge is 0.339 e. The number of rotatable bonds is 3. The highest BCUT2D eigenvalue weighted by Gasteiger charge is 2.46. The van der Waals surface area contributed by atoms with Crippen molar-refractivity contribution in [2.75, 3.05) is 19.6 Å². The van der Waals surface area contributed by atoms with Crippen LogP contribution in [0, 0.1) is 12.3 Å². The Kier molecular flexibility index (Phi) is 4.37. The summed E-state index contributed by atoms with van der Waals surface area (Å²) in [4.78, 5) is 29.7. The van der Waals surface area contributed by atoms with Gasteiger partial charge in [-0.2, -0.15) is 4.68 Å². The van der Waals surface area contributed by atoms with Crippen LogP contribution in [-0.2, 0) is 4.79 Å². The van der Waals surface area contributed by atoms with Crippen LogP contribution < -0.4 is 0 Å². The van der Waals surface area contributed by atoms with Crippen molar-refractivity contribution in [2.45, 2.75) is 51.5 Å². The Morgan fingerprint density at radius 2 is 2.07 bits per heavy atom. The minimum absolute atomic E-state index is 0.0477. The molecular weight excluding hydrogens is 368 g/mol. The number of nitrogens with zero attached hydrogens (tertiary/aromatic N) is 6. The molecule has 2 aliphatic heterocycles. The number of carbonyl (C=O) groups is 2. The molecule has 1 spiro atoms. The van der Waals surface area contributed by atoms with E-state index in [1.807, 2.05) is 36.1 Å². The van der Waals surface area contributed by atoms with E-state index in [2.05, 4.69) is 20.4 Å². The van der Waals surface area contributed by atoms with Gasteiger partial charge in [0.05, 0.1) is 5.69 Å². The monoisotopic (exact) mass is 394 g/mol. The lowest BCUT2D eigenvalue weighted by Gasteiger charge is -2.48. The maximum Gasteiger partial charge on any atom is 0.253 e. The highest BCUT2D eigenvalue weighted by atomic mass is 16.2. The van der Waals surface area contributed by atoms with Gasteiger partial charge in [0, 0.05) is 43.1 Å². The second-order valence-corrected chi connectivity index (χ2v) is 8.77. The molecular formula is C21H26N6O2. The first-order valence-electron chi connectivity index (χ1n) is 10.5. The molecule has 29 heavy (non-hydrogen) atoms. The molecule has 8 nitrogen and oxygen atoms in total. The van der Waals surface area contributed by atoms with Crippen LogP contribution in [0.3, 0.4) is 0 Å². The van der Waals surface area contributed by atoms with Gasteiger partial charge < -0.3 is 9.80 Å². The summed E-state index contributed by atoms with van der Waals surface area (Å²) >= 11 is 0. The molecule has 3 fully saturated rings. The van der Waals surface area contributed by atoms with Gasteiger partial charge >= 0.3 is 0 Å². The van der Waals surface area contributed by atoms with E-state index in [0.29, 0.717) is 29.8 Å². The Morgan fingerprint density at radius 1 is 1.21 bits per heavy atom. The SMILES string of the molecule is Cc1nnnn1-c1cccc(C(=O)N2CCCC3(CCC(=O)N(C4CC4)C3)C2)c1. The van der Waals surface area contributed by atoms with E-state index in [1.54, 1.807) is 4.68 Å². The van der Waals surface area contributed by atoms with Gasteiger partial charge in [0.15, 0.2) is 5.82 Å². The average Bonchev–Trinajstić information content (AvgIpc) is 3.50. The molecule has 0 radical (unpaired) electrons. The minimum Gasteiger partial charge on any atom is -0.339 e. The highest BCUT2D eigenvalue weighted by Crippen LogP contribution is 2.42. The van der Waals surface area contributed by atoms with Gasteiger partial charge in [-0.25, -0.2) is 0 Å². The van der Waals surface area contributed by atoms with Crippen LogP contribution in [0.2, 0.25) is 0 Å². The number of aromatic nitrogens is 4. The number of amides is 2. The quantitative estimate of drug-likeness (QED) is 0.795. The third-order valence-corrected chi connectivity index (χ3v) is 6.59. The number of piperidine rings is 2. The number of hydrogen-bond acceptors (Lipinski definition) is 5. The van der Waals surface area contributed by atoms with Crippen molar-refractivity contribution < 1.29 is 9.59 Å². The summed E-state index contributed by atoms with van der Waals surface area (Å²) < 4.78 is 1.63. The topological polar surface area (TPSA) is 84.2 Å². The number of benzene rings is 1. The van der Waals surface area contributed by atoms with Gasteiger partial charge in [-0.1, -0.05) is 6.07 Å². The van der Waals surface area contributed by atoms with Crippen molar-refractivity contribution in [1.82, 2.24) is 30.0 Å². The second-order valence-electron chi connectivity index (χ2n) is 8.77. The fraction of sp³-hybridized carbons (Fsp3) is 0.571. The summed E-state index contributed by atoms with van der Waals surface area (Å²) in [5.74, 6) is 1.02. The van der Waals surface area contributed by atoms with Gasteiger partial charge in [-0.15, -0.1) is 5.10 Å². The smallest absolute Gasteiger partial charge is 0.253 e. The molecule has 2 saturated heterocycles. The lowest BCUT2D eigenvalue weighted by Crippen LogP contribution is -2.55. The molecule has 3 heterocycles. The number of hydrogen-bond donors (Lipinski definition) is 0. The molecule has 0 N–H and O–H groups in total. The van der Waals surface area contributed by atoms with Crippen LogP contribution >= 0.6 is 0 Å². The summed E-state index contributed by atoms with van der Waals surface area (Å²) in [6.45, 7) is 4.14. The molecule has 8 heteroatoms.